The zero-order valence-electron chi connectivity index (χ0n) is 20.0. The maximum Gasteiger partial charge on any atom is 0.410 e. The smallest absolute Gasteiger partial charge is 0.410 e. The van der Waals surface area contributed by atoms with Crippen LogP contribution in [0, 0.1) is 0 Å². The van der Waals surface area contributed by atoms with E-state index in [1.54, 1.807) is 22.6 Å². The lowest BCUT2D eigenvalue weighted by Gasteiger charge is -2.37. The van der Waals surface area contributed by atoms with Crippen molar-refractivity contribution in [3.8, 4) is 11.1 Å². The van der Waals surface area contributed by atoms with E-state index in [2.05, 4.69) is 6.92 Å². The molecule has 1 aliphatic rings. The summed E-state index contributed by atoms with van der Waals surface area (Å²) in [7, 11) is 1.74. The molecule has 4 rings (SSSR count). The summed E-state index contributed by atoms with van der Waals surface area (Å²) in [6.45, 7) is 2.85. The van der Waals surface area contributed by atoms with Gasteiger partial charge in [-0.3, -0.25) is 4.79 Å². The van der Waals surface area contributed by atoms with Crippen molar-refractivity contribution in [1.82, 2.24) is 9.47 Å². The average molecular weight is 463 g/mol. The molecule has 1 N–H and O–H groups in total. The maximum atomic E-state index is 12.5. The Morgan fingerprint density at radius 2 is 1.59 bits per heavy atom. The van der Waals surface area contributed by atoms with Crippen molar-refractivity contribution in [1.29, 1.82) is 0 Å². The molecule has 3 aromatic rings. The van der Waals surface area contributed by atoms with E-state index in [0.717, 1.165) is 29.5 Å². The first kappa shape index (κ1) is 25.2. The van der Waals surface area contributed by atoms with Gasteiger partial charge in [0.15, 0.2) is 0 Å². The van der Waals surface area contributed by atoms with E-state index >= 15 is 0 Å². The van der Waals surface area contributed by atoms with Crippen LogP contribution >= 0.6 is 0 Å². The molecule has 1 saturated heterocycles. The molecule has 2 atom stereocenters. The lowest BCUT2D eigenvalue weighted by molar-refractivity contribution is 0.00468. The highest BCUT2D eigenvalue weighted by atomic mass is 16.6. The van der Waals surface area contributed by atoms with Gasteiger partial charge in [0.1, 0.15) is 6.10 Å². The van der Waals surface area contributed by atoms with Gasteiger partial charge in [-0.2, -0.15) is 0 Å². The number of aryl methyl sites for hydroxylation is 1. The number of amides is 1. The third kappa shape index (κ3) is 6.81. The second-order valence-electron chi connectivity index (χ2n) is 8.42. The molecule has 2 unspecified atom stereocenters. The monoisotopic (exact) mass is 462 g/mol. The number of benzene rings is 2. The van der Waals surface area contributed by atoms with Crippen LogP contribution in [0.4, 0.5) is 4.79 Å². The van der Waals surface area contributed by atoms with Gasteiger partial charge in [-0.15, -0.1) is 0 Å². The molecule has 1 amide bonds. The number of ether oxygens (including phenoxy) is 1. The molecule has 2 heterocycles. The van der Waals surface area contributed by atoms with Crippen LogP contribution in [-0.2, 0) is 11.8 Å². The number of cyclic esters (lactones) is 1. The molecular formula is C28H34N2O4. The third-order valence-electron chi connectivity index (χ3n) is 6.02. The fourth-order valence-electron chi connectivity index (χ4n) is 4.13. The van der Waals surface area contributed by atoms with E-state index in [9.17, 15) is 9.59 Å². The predicted molar refractivity (Wildman–Crippen MR) is 135 cm³/mol. The zero-order valence-corrected chi connectivity index (χ0v) is 20.0. The van der Waals surface area contributed by atoms with Gasteiger partial charge in [-0.1, -0.05) is 67.6 Å². The molecule has 0 saturated carbocycles. The molecule has 0 radical (unpaired) electrons. The second-order valence-corrected chi connectivity index (χ2v) is 8.42. The number of hydrogen-bond acceptors (Lipinski definition) is 4. The highest BCUT2D eigenvalue weighted by molar-refractivity contribution is 5.69. The lowest BCUT2D eigenvalue weighted by atomic mass is 9.98. The Morgan fingerprint density at radius 3 is 2.12 bits per heavy atom. The van der Waals surface area contributed by atoms with Crippen molar-refractivity contribution in [2.45, 2.75) is 44.8 Å². The van der Waals surface area contributed by atoms with E-state index in [1.165, 1.54) is 0 Å². The van der Waals surface area contributed by atoms with E-state index in [0.29, 0.717) is 19.4 Å². The van der Waals surface area contributed by atoms with E-state index in [-0.39, 0.29) is 30.4 Å². The van der Waals surface area contributed by atoms with Gasteiger partial charge in [0.05, 0.1) is 6.04 Å². The van der Waals surface area contributed by atoms with Gasteiger partial charge in [-0.05, 0) is 42.0 Å². The van der Waals surface area contributed by atoms with Crippen molar-refractivity contribution >= 4 is 6.09 Å². The highest BCUT2D eigenvalue weighted by Gasteiger charge is 2.31. The summed E-state index contributed by atoms with van der Waals surface area (Å²) in [5.74, 6) is 0. The van der Waals surface area contributed by atoms with Crippen molar-refractivity contribution in [2.24, 2.45) is 7.05 Å². The number of aliphatic hydroxyl groups excluding tert-OH is 1. The molecule has 0 spiro atoms. The molecule has 6 heteroatoms. The van der Waals surface area contributed by atoms with Gasteiger partial charge in [0.2, 0.25) is 5.56 Å². The number of aliphatic hydroxyl groups is 1. The Balaban J connectivity index is 0.000000469. The number of pyridine rings is 1. The molecule has 34 heavy (non-hydrogen) atoms. The van der Waals surface area contributed by atoms with Gasteiger partial charge < -0.3 is 19.3 Å². The summed E-state index contributed by atoms with van der Waals surface area (Å²) in [6.07, 6.45) is 4.41. The Morgan fingerprint density at radius 1 is 0.971 bits per heavy atom. The quantitative estimate of drug-likeness (QED) is 0.526. The topological polar surface area (TPSA) is 71.8 Å². The SMILES string of the molecule is CCC(c1ccc(-c2ccc(=O)n(C)c2)cc1)N1CCC(CCCO)OC1=O.c1ccccc1. The first-order valence-corrected chi connectivity index (χ1v) is 11.9. The first-order valence-electron chi connectivity index (χ1n) is 11.9. The van der Waals surface area contributed by atoms with Crippen LogP contribution in [0.2, 0.25) is 0 Å². The van der Waals surface area contributed by atoms with Gasteiger partial charge in [0, 0.05) is 38.9 Å². The minimum atomic E-state index is -0.275. The number of carbonyl (C=O) groups is 1. The largest absolute Gasteiger partial charge is 0.446 e. The minimum Gasteiger partial charge on any atom is -0.446 e. The van der Waals surface area contributed by atoms with Gasteiger partial charge in [-0.25, -0.2) is 4.79 Å². The molecule has 1 aromatic heterocycles. The lowest BCUT2D eigenvalue weighted by Crippen LogP contribution is -2.43. The molecule has 2 aromatic carbocycles. The first-order chi connectivity index (χ1) is 16.5. The highest BCUT2D eigenvalue weighted by Crippen LogP contribution is 2.30. The van der Waals surface area contributed by atoms with E-state index < -0.39 is 0 Å². The average Bonchev–Trinajstić information content (AvgIpc) is 2.88. The molecule has 1 aliphatic heterocycles. The van der Waals surface area contributed by atoms with Crippen molar-refractivity contribution in [3.63, 3.8) is 0 Å². The number of rotatable bonds is 7. The van der Waals surface area contributed by atoms with Crippen LogP contribution in [0.25, 0.3) is 11.1 Å². The normalized spacial score (nSPS) is 16.3. The van der Waals surface area contributed by atoms with Gasteiger partial charge in [0.25, 0.3) is 0 Å². The fraction of sp³-hybridized carbons (Fsp3) is 0.357. The number of nitrogens with zero attached hydrogens (tertiary/aromatic N) is 2. The fourth-order valence-corrected chi connectivity index (χ4v) is 4.13. The Labute approximate surface area is 201 Å². The van der Waals surface area contributed by atoms with Crippen LogP contribution in [0.1, 0.15) is 44.2 Å². The number of aromatic nitrogens is 1. The Hall–Kier alpha value is -3.38. The van der Waals surface area contributed by atoms with Gasteiger partial charge >= 0.3 is 6.09 Å². The molecule has 0 bridgehead atoms. The van der Waals surface area contributed by atoms with Crippen molar-refractivity contribution in [2.75, 3.05) is 13.2 Å². The van der Waals surface area contributed by atoms with Crippen molar-refractivity contribution in [3.05, 3.63) is 94.9 Å². The summed E-state index contributed by atoms with van der Waals surface area (Å²) < 4.78 is 7.13. The van der Waals surface area contributed by atoms with E-state index in [4.69, 9.17) is 9.84 Å². The predicted octanol–water partition coefficient (Wildman–Crippen LogP) is 5.17. The second kappa shape index (κ2) is 12.8. The van der Waals surface area contributed by atoms with Crippen LogP contribution < -0.4 is 5.56 Å². The Bertz CT molecular complexity index is 1050. The minimum absolute atomic E-state index is 0.0273. The molecule has 1 fully saturated rings. The summed E-state index contributed by atoms with van der Waals surface area (Å²) in [6, 6.07) is 23.5. The van der Waals surface area contributed by atoms with Crippen molar-refractivity contribution < 1.29 is 14.6 Å². The molecular weight excluding hydrogens is 428 g/mol. The third-order valence-corrected chi connectivity index (χ3v) is 6.02. The van der Waals surface area contributed by atoms with Crippen LogP contribution in [0.15, 0.2) is 83.8 Å². The Kier molecular flexibility index (Phi) is 9.47. The molecule has 0 aliphatic carbocycles. The van der Waals surface area contributed by atoms with Crippen LogP contribution in [0.3, 0.4) is 0 Å². The standard InChI is InChI=1S/C22H28N2O4.C6H6/c1-3-20(24-13-12-19(5-4-14-25)28-22(24)27)17-8-6-16(7-9-17)18-10-11-21(26)23(2)15-18;1-2-4-6-5-3-1/h6-11,15,19-20,25H,3-5,12-14H2,1-2H3;1-6H. The zero-order chi connectivity index (χ0) is 24.3. The van der Waals surface area contributed by atoms with Crippen LogP contribution in [0.5, 0.6) is 0 Å². The molecule has 6 nitrogen and oxygen atoms in total. The summed E-state index contributed by atoms with van der Waals surface area (Å²) in [5.41, 5.74) is 3.04. The number of hydrogen-bond donors (Lipinski definition) is 1. The van der Waals surface area contributed by atoms with E-state index in [1.807, 2.05) is 72.9 Å². The van der Waals surface area contributed by atoms with Crippen LogP contribution in [-0.4, -0.2) is 39.9 Å². The number of carbonyl (C=O) groups excluding carboxylic acids is 1. The maximum absolute atomic E-state index is 12.5. The summed E-state index contributed by atoms with van der Waals surface area (Å²) in [5, 5.41) is 8.96. The molecule has 180 valence electrons. The summed E-state index contributed by atoms with van der Waals surface area (Å²) in [4.78, 5) is 25.9. The summed E-state index contributed by atoms with van der Waals surface area (Å²) >= 11 is 0.